The lowest BCUT2D eigenvalue weighted by atomic mass is 10.0. The molecule has 0 saturated carbocycles. The molecule has 0 aliphatic carbocycles. The molecule has 4 aromatic carbocycles. The van der Waals surface area contributed by atoms with Crippen LogP contribution in [-0.4, -0.2) is 23.0 Å². The normalized spacial score (nSPS) is 11.2. The number of nitrogens with one attached hydrogen (secondary N) is 2. The highest BCUT2D eigenvalue weighted by Crippen LogP contribution is 2.21. The number of nitro benzene ring substituents is 1. The standard InChI is InChI=1S/C29H25N3O5/c33-28(30-25-15-13-24(14-16-25)23-9-5-2-6-10-23)27(19-21-11-17-26(18-12-21)32(35)36)31-29(34)37-20-22-7-3-1-4-8-22/h1-18,27H,19-20H2,(H,30,33)(H,31,34)/t27-/m0/s1. The van der Waals surface area contributed by atoms with E-state index in [2.05, 4.69) is 10.6 Å². The van der Waals surface area contributed by atoms with Gasteiger partial charge >= 0.3 is 6.09 Å². The van der Waals surface area contributed by atoms with Crippen LogP contribution in [0.2, 0.25) is 0 Å². The lowest BCUT2D eigenvalue weighted by molar-refractivity contribution is -0.384. The average molecular weight is 496 g/mol. The fourth-order valence-electron chi connectivity index (χ4n) is 3.71. The first kappa shape index (κ1) is 25.1. The third-order valence-corrected chi connectivity index (χ3v) is 5.67. The fourth-order valence-corrected chi connectivity index (χ4v) is 3.71. The number of hydrogen-bond donors (Lipinski definition) is 2. The van der Waals surface area contributed by atoms with Crippen LogP contribution in [-0.2, 0) is 22.6 Å². The van der Waals surface area contributed by atoms with Crippen molar-refractivity contribution in [3.8, 4) is 11.1 Å². The predicted molar refractivity (Wildman–Crippen MR) is 141 cm³/mol. The van der Waals surface area contributed by atoms with Crippen LogP contribution in [0.5, 0.6) is 0 Å². The Balaban J connectivity index is 1.45. The van der Waals surface area contributed by atoms with Crippen LogP contribution in [0.25, 0.3) is 11.1 Å². The van der Waals surface area contributed by atoms with Crippen molar-refractivity contribution in [2.45, 2.75) is 19.1 Å². The van der Waals surface area contributed by atoms with E-state index in [0.29, 0.717) is 11.3 Å². The van der Waals surface area contributed by atoms with Gasteiger partial charge < -0.3 is 15.4 Å². The van der Waals surface area contributed by atoms with Gasteiger partial charge in [0.2, 0.25) is 5.91 Å². The van der Waals surface area contributed by atoms with E-state index < -0.39 is 23.0 Å². The molecule has 0 spiro atoms. The number of alkyl carbamates (subject to hydrolysis) is 1. The van der Waals surface area contributed by atoms with Gasteiger partial charge in [0.15, 0.2) is 0 Å². The molecule has 0 aromatic heterocycles. The van der Waals surface area contributed by atoms with Crippen LogP contribution >= 0.6 is 0 Å². The van der Waals surface area contributed by atoms with E-state index >= 15 is 0 Å². The van der Waals surface area contributed by atoms with Crippen molar-refractivity contribution in [1.82, 2.24) is 5.32 Å². The van der Waals surface area contributed by atoms with E-state index in [9.17, 15) is 19.7 Å². The van der Waals surface area contributed by atoms with E-state index in [4.69, 9.17) is 4.74 Å². The average Bonchev–Trinajstić information content (AvgIpc) is 2.93. The predicted octanol–water partition coefficient (Wildman–Crippen LogP) is 5.74. The maximum atomic E-state index is 13.2. The van der Waals surface area contributed by atoms with Gasteiger partial charge in [0.05, 0.1) is 4.92 Å². The minimum absolute atomic E-state index is 0.0551. The molecular formula is C29H25N3O5. The summed E-state index contributed by atoms with van der Waals surface area (Å²) in [5.41, 5.74) is 4.03. The van der Waals surface area contributed by atoms with Crippen molar-refractivity contribution in [1.29, 1.82) is 0 Å². The molecule has 2 amide bonds. The number of carbonyl (C=O) groups excluding carboxylic acids is 2. The van der Waals surface area contributed by atoms with Crippen molar-refractivity contribution in [3.05, 3.63) is 130 Å². The van der Waals surface area contributed by atoms with Crippen LogP contribution in [0.15, 0.2) is 109 Å². The first-order chi connectivity index (χ1) is 18.0. The Labute approximate surface area is 214 Å². The second-order valence-corrected chi connectivity index (χ2v) is 8.32. The third kappa shape index (κ3) is 7.25. The molecule has 37 heavy (non-hydrogen) atoms. The summed E-state index contributed by atoms with van der Waals surface area (Å²) >= 11 is 0. The van der Waals surface area contributed by atoms with Crippen molar-refractivity contribution in [3.63, 3.8) is 0 Å². The summed E-state index contributed by atoms with van der Waals surface area (Å²) in [7, 11) is 0. The summed E-state index contributed by atoms with van der Waals surface area (Å²) in [6.45, 7) is 0.0551. The topological polar surface area (TPSA) is 111 Å². The molecule has 8 nitrogen and oxygen atoms in total. The van der Waals surface area contributed by atoms with Crippen molar-refractivity contribution < 1.29 is 19.2 Å². The number of benzene rings is 4. The zero-order chi connectivity index (χ0) is 26.0. The molecule has 8 heteroatoms. The number of nitro groups is 1. The van der Waals surface area contributed by atoms with Crippen molar-refractivity contribution in [2.75, 3.05) is 5.32 Å². The Hall–Kier alpha value is -4.98. The zero-order valence-electron chi connectivity index (χ0n) is 19.9. The van der Waals surface area contributed by atoms with Gasteiger partial charge in [-0.3, -0.25) is 14.9 Å². The van der Waals surface area contributed by atoms with Crippen LogP contribution in [0, 0.1) is 10.1 Å². The number of anilines is 1. The molecule has 2 N–H and O–H groups in total. The third-order valence-electron chi connectivity index (χ3n) is 5.67. The van der Waals surface area contributed by atoms with Gasteiger partial charge in [-0.1, -0.05) is 84.9 Å². The molecule has 1 atom stereocenters. The Bertz CT molecular complexity index is 1340. The van der Waals surface area contributed by atoms with Gasteiger partial charge in [-0.15, -0.1) is 0 Å². The smallest absolute Gasteiger partial charge is 0.408 e. The Morgan fingerprint density at radius 1 is 0.757 bits per heavy atom. The molecule has 0 radical (unpaired) electrons. The number of hydrogen-bond acceptors (Lipinski definition) is 5. The van der Waals surface area contributed by atoms with E-state index in [1.807, 2.05) is 72.8 Å². The van der Waals surface area contributed by atoms with E-state index in [1.165, 1.54) is 12.1 Å². The van der Waals surface area contributed by atoms with E-state index in [0.717, 1.165) is 16.7 Å². The largest absolute Gasteiger partial charge is 0.445 e. The minimum atomic E-state index is -0.974. The fraction of sp³-hybridized carbons (Fsp3) is 0.103. The lowest BCUT2D eigenvalue weighted by Gasteiger charge is -2.19. The number of rotatable bonds is 9. The number of amides is 2. The highest BCUT2D eigenvalue weighted by Gasteiger charge is 2.23. The summed E-state index contributed by atoms with van der Waals surface area (Å²) < 4.78 is 5.29. The van der Waals surface area contributed by atoms with Crippen molar-refractivity contribution in [2.24, 2.45) is 0 Å². The summed E-state index contributed by atoms with van der Waals surface area (Å²) in [5, 5.41) is 16.4. The minimum Gasteiger partial charge on any atom is -0.445 e. The monoisotopic (exact) mass is 495 g/mol. The second-order valence-electron chi connectivity index (χ2n) is 8.32. The zero-order valence-corrected chi connectivity index (χ0v) is 19.9. The highest BCUT2D eigenvalue weighted by molar-refractivity contribution is 5.97. The number of nitrogens with zero attached hydrogens (tertiary/aromatic N) is 1. The number of non-ortho nitro benzene ring substituents is 1. The molecule has 4 rings (SSSR count). The van der Waals surface area contributed by atoms with Gasteiger partial charge in [0.1, 0.15) is 12.6 Å². The molecule has 0 unspecified atom stereocenters. The summed E-state index contributed by atoms with van der Waals surface area (Å²) in [4.78, 5) is 36.2. The molecular weight excluding hydrogens is 470 g/mol. The van der Waals surface area contributed by atoms with Crippen LogP contribution in [0.3, 0.4) is 0 Å². The first-order valence-corrected chi connectivity index (χ1v) is 11.6. The number of ether oxygens (including phenoxy) is 1. The van der Waals surface area contributed by atoms with Gasteiger partial charge in [-0.05, 0) is 34.4 Å². The number of carbonyl (C=O) groups is 2. The molecule has 0 fully saturated rings. The summed E-state index contributed by atoms with van der Waals surface area (Å²) in [6.07, 6.45) is -0.628. The molecule has 0 aliphatic rings. The van der Waals surface area contributed by atoms with Crippen LogP contribution in [0.1, 0.15) is 11.1 Å². The van der Waals surface area contributed by atoms with Gasteiger partial charge in [0.25, 0.3) is 5.69 Å². The molecule has 0 bridgehead atoms. The highest BCUT2D eigenvalue weighted by atomic mass is 16.6. The van der Waals surface area contributed by atoms with Crippen molar-refractivity contribution >= 4 is 23.4 Å². The first-order valence-electron chi connectivity index (χ1n) is 11.6. The van der Waals surface area contributed by atoms with Gasteiger partial charge in [0, 0.05) is 24.2 Å². The molecule has 0 saturated heterocycles. The van der Waals surface area contributed by atoms with E-state index in [-0.39, 0.29) is 18.7 Å². The Kier molecular flexibility index (Phi) is 8.23. The van der Waals surface area contributed by atoms with Gasteiger partial charge in [-0.2, -0.15) is 0 Å². The quantitative estimate of drug-likeness (QED) is 0.227. The lowest BCUT2D eigenvalue weighted by Crippen LogP contribution is -2.45. The molecule has 0 heterocycles. The molecule has 4 aromatic rings. The molecule has 186 valence electrons. The maximum Gasteiger partial charge on any atom is 0.408 e. The van der Waals surface area contributed by atoms with Crippen LogP contribution < -0.4 is 10.6 Å². The van der Waals surface area contributed by atoms with E-state index in [1.54, 1.807) is 24.3 Å². The summed E-state index contributed by atoms with van der Waals surface area (Å²) in [5.74, 6) is -0.442. The Morgan fingerprint density at radius 2 is 1.35 bits per heavy atom. The SMILES string of the molecule is O=C(N[C@@H](Cc1ccc([N+](=O)[O-])cc1)C(=O)Nc1ccc(-c2ccccc2)cc1)OCc1ccccc1. The second kappa shape index (κ2) is 12.1. The summed E-state index contributed by atoms with van der Waals surface area (Å²) in [6, 6.07) is 31.3. The Morgan fingerprint density at radius 3 is 1.97 bits per heavy atom. The maximum absolute atomic E-state index is 13.2. The van der Waals surface area contributed by atoms with Crippen LogP contribution in [0.4, 0.5) is 16.2 Å². The van der Waals surface area contributed by atoms with Gasteiger partial charge in [-0.25, -0.2) is 4.79 Å². The molecule has 0 aliphatic heterocycles.